The normalized spacial score (nSPS) is 19.0. The van der Waals surface area contributed by atoms with Crippen molar-refractivity contribution in [2.24, 2.45) is 0 Å². The molecule has 1 heterocycles. The molecule has 3 nitrogen and oxygen atoms in total. The Labute approximate surface area is 145 Å². The van der Waals surface area contributed by atoms with Crippen molar-refractivity contribution in [3.63, 3.8) is 0 Å². The monoisotopic (exact) mass is 355 g/mol. The standard InChI is InChI=1S/C15H18FO3.Y/c1-12-10-18-15(19-11-12,8-2-3-9-17)13-4-6-14(16)7-5-13;/h4-7,9H,2-3,8,10-11H2,1H3;/q-1;/i9D;. The summed E-state index contributed by atoms with van der Waals surface area (Å²) in [7, 11) is 0. The summed E-state index contributed by atoms with van der Waals surface area (Å²) in [5.74, 6) is -0.175. The third-order valence-corrected chi connectivity index (χ3v) is 3.17. The Kier molecular flexibility index (Phi) is 6.75. The van der Waals surface area contributed by atoms with Crippen LogP contribution in [0.1, 0.15) is 33.1 Å². The fourth-order valence-corrected chi connectivity index (χ4v) is 2.12. The molecular formula is C15H18FO3Y-. The molecule has 107 valence electrons. The van der Waals surface area contributed by atoms with E-state index in [0.717, 1.165) is 11.5 Å². The van der Waals surface area contributed by atoms with Gasteiger partial charge in [0.15, 0.2) is 5.79 Å². The van der Waals surface area contributed by atoms with E-state index in [1.807, 2.05) is 6.92 Å². The van der Waals surface area contributed by atoms with Gasteiger partial charge < -0.3 is 14.3 Å². The second kappa shape index (κ2) is 8.33. The Morgan fingerprint density at radius 3 is 2.55 bits per heavy atom. The Balaban J connectivity index is 0.00000220. The van der Waals surface area contributed by atoms with Crippen LogP contribution in [0, 0.1) is 11.7 Å². The number of benzene rings is 1. The average molecular weight is 355 g/mol. The van der Waals surface area contributed by atoms with Gasteiger partial charge in [-0.25, -0.2) is 4.39 Å². The van der Waals surface area contributed by atoms with Gasteiger partial charge in [0.25, 0.3) is 0 Å². The fraction of sp³-hybridized carbons (Fsp3) is 0.467. The Morgan fingerprint density at radius 2 is 2.00 bits per heavy atom. The van der Waals surface area contributed by atoms with Gasteiger partial charge in [-0.05, 0) is 18.6 Å². The molecule has 0 bridgehead atoms. The molecule has 0 aliphatic carbocycles. The predicted octanol–water partition coefficient (Wildman–Crippen LogP) is 2.99. The molecule has 0 amide bonds. The van der Waals surface area contributed by atoms with Crippen molar-refractivity contribution >= 4 is 6.26 Å². The van der Waals surface area contributed by atoms with E-state index >= 15 is 0 Å². The van der Waals surface area contributed by atoms with Crippen LogP contribution in [0.5, 0.6) is 0 Å². The molecule has 2 rings (SSSR count). The fourth-order valence-electron chi connectivity index (χ4n) is 2.12. The molecule has 0 atom stereocenters. The summed E-state index contributed by atoms with van der Waals surface area (Å²) >= 11 is 0. The van der Waals surface area contributed by atoms with Crippen LogP contribution in [-0.2, 0) is 52.8 Å². The first-order valence-corrected chi connectivity index (χ1v) is 6.36. The zero-order chi connectivity index (χ0) is 14.6. The molecule has 0 spiro atoms. The minimum absolute atomic E-state index is 0. The molecule has 0 saturated carbocycles. The number of aldehydes is 1. The molecule has 1 radical (unpaired) electrons. The first-order chi connectivity index (χ1) is 9.52. The van der Waals surface area contributed by atoms with Crippen molar-refractivity contribution in [1.82, 2.24) is 0 Å². The summed E-state index contributed by atoms with van der Waals surface area (Å²) in [5, 5.41) is 0. The number of hydrogen-bond donors (Lipinski definition) is 0. The van der Waals surface area contributed by atoms with Crippen LogP contribution in [0.2, 0.25) is 0 Å². The molecule has 1 aromatic carbocycles. The topological polar surface area (TPSA) is 35.5 Å². The number of halogens is 1. The number of ether oxygens (including phenoxy) is 2. The third kappa shape index (κ3) is 4.42. The second-order valence-corrected chi connectivity index (χ2v) is 4.79. The van der Waals surface area contributed by atoms with Crippen molar-refractivity contribution < 1.29 is 52.7 Å². The molecule has 1 saturated heterocycles. The van der Waals surface area contributed by atoms with E-state index in [1.165, 1.54) is 12.1 Å². The van der Waals surface area contributed by atoms with Gasteiger partial charge in [0.1, 0.15) is 13.5 Å². The van der Waals surface area contributed by atoms with Crippen LogP contribution in [0.4, 0.5) is 4.39 Å². The van der Waals surface area contributed by atoms with Crippen LogP contribution >= 0.6 is 0 Å². The predicted molar refractivity (Wildman–Crippen MR) is 68.8 cm³/mol. The maximum Gasteiger partial charge on any atom is 0.189 e. The molecule has 1 aliphatic rings. The SMILES string of the molecule is [2H]C(=O)CCCC1(c2ccc(F)cc2)OC[C-](C)CO1.[Y]. The Hall–Kier alpha value is -0.156. The smallest absolute Gasteiger partial charge is 0.189 e. The molecule has 0 aromatic heterocycles. The third-order valence-electron chi connectivity index (χ3n) is 3.17. The van der Waals surface area contributed by atoms with Crippen LogP contribution in [-0.4, -0.2) is 19.5 Å². The first-order valence-electron chi connectivity index (χ1n) is 6.86. The second-order valence-electron chi connectivity index (χ2n) is 4.79. The summed E-state index contributed by atoms with van der Waals surface area (Å²) in [6.45, 7) is 2.90. The van der Waals surface area contributed by atoms with Gasteiger partial charge >= 0.3 is 0 Å². The van der Waals surface area contributed by atoms with E-state index in [-0.39, 0.29) is 44.9 Å². The minimum Gasteiger partial charge on any atom is -0.378 e. The maximum absolute atomic E-state index is 13.0. The van der Waals surface area contributed by atoms with Crippen LogP contribution in [0.25, 0.3) is 0 Å². The summed E-state index contributed by atoms with van der Waals surface area (Å²) in [4.78, 5) is 10.8. The summed E-state index contributed by atoms with van der Waals surface area (Å²) in [6, 6.07) is 6.01. The summed E-state index contributed by atoms with van der Waals surface area (Å²) < 4.78 is 31.7. The molecular weight excluding hydrogens is 336 g/mol. The van der Waals surface area contributed by atoms with E-state index in [0.29, 0.717) is 26.1 Å². The van der Waals surface area contributed by atoms with E-state index in [2.05, 4.69) is 0 Å². The zero-order valence-electron chi connectivity index (χ0n) is 12.5. The van der Waals surface area contributed by atoms with E-state index < -0.39 is 12.0 Å². The quantitative estimate of drug-likeness (QED) is 0.602. The Morgan fingerprint density at radius 1 is 1.40 bits per heavy atom. The van der Waals surface area contributed by atoms with Gasteiger partial charge in [0.05, 0.1) is 0 Å². The van der Waals surface area contributed by atoms with Crippen molar-refractivity contribution in [2.45, 2.75) is 32.0 Å². The van der Waals surface area contributed by atoms with E-state index in [1.54, 1.807) is 12.1 Å². The van der Waals surface area contributed by atoms with Gasteiger partial charge in [0, 0.05) is 51.1 Å². The molecule has 20 heavy (non-hydrogen) atoms. The zero-order valence-corrected chi connectivity index (χ0v) is 14.4. The number of carbonyl (C=O) groups is 1. The van der Waals surface area contributed by atoms with Crippen molar-refractivity contribution in [2.75, 3.05) is 13.2 Å². The van der Waals surface area contributed by atoms with Crippen LogP contribution in [0.15, 0.2) is 24.3 Å². The van der Waals surface area contributed by atoms with Gasteiger partial charge in [-0.1, -0.05) is 25.3 Å². The molecule has 0 unspecified atom stereocenters. The van der Waals surface area contributed by atoms with Gasteiger partial charge in [-0.2, -0.15) is 6.92 Å². The molecule has 1 aromatic rings. The maximum atomic E-state index is 13.0. The number of rotatable bonds is 5. The molecule has 5 heteroatoms. The van der Waals surface area contributed by atoms with E-state index in [9.17, 15) is 9.18 Å². The van der Waals surface area contributed by atoms with E-state index in [4.69, 9.17) is 10.8 Å². The summed E-state index contributed by atoms with van der Waals surface area (Å²) in [6.07, 6.45) is 0.533. The Bertz CT molecular complexity index is 458. The molecule has 0 N–H and O–H groups in total. The first kappa shape index (κ1) is 16.2. The minimum atomic E-state index is -0.942. The number of carbonyl (C=O) groups excluding carboxylic acids is 1. The van der Waals surface area contributed by atoms with Crippen molar-refractivity contribution in [3.05, 3.63) is 41.6 Å². The average Bonchev–Trinajstić information content (AvgIpc) is 2.42. The van der Waals surface area contributed by atoms with Gasteiger partial charge in [0.2, 0.25) is 0 Å². The van der Waals surface area contributed by atoms with Crippen molar-refractivity contribution in [1.29, 1.82) is 0 Å². The molecule has 1 fully saturated rings. The van der Waals surface area contributed by atoms with Crippen LogP contribution in [0.3, 0.4) is 0 Å². The largest absolute Gasteiger partial charge is 0.378 e. The number of hydrogen-bond acceptors (Lipinski definition) is 3. The molecule has 1 aliphatic heterocycles. The van der Waals surface area contributed by atoms with Crippen molar-refractivity contribution in [3.8, 4) is 0 Å². The van der Waals surface area contributed by atoms with Gasteiger partial charge in [-0.15, -0.1) is 0 Å². The van der Waals surface area contributed by atoms with Gasteiger partial charge in [-0.3, -0.25) is 5.92 Å². The van der Waals surface area contributed by atoms with Crippen LogP contribution < -0.4 is 0 Å². The summed E-state index contributed by atoms with van der Waals surface area (Å²) in [5.41, 5.74) is 0.740.